The minimum Gasteiger partial charge on any atom is -0.391 e. The molecule has 1 saturated carbocycles. The van der Waals surface area contributed by atoms with Crippen molar-refractivity contribution in [3.05, 3.63) is 60.2 Å². The Hall–Kier alpha value is -2.86. The van der Waals surface area contributed by atoms with Crippen LogP contribution in [0.1, 0.15) is 107 Å². The smallest absolute Gasteiger partial charge is 0.185 e. The first-order valence-electron chi connectivity index (χ1n) is 24.0. The predicted octanol–water partition coefficient (Wildman–Crippen LogP) is 6.77. The lowest BCUT2D eigenvalue weighted by atomic mass is 9.69. The van der Waals surface area contributed by atoms with Crippen molar-refractivity contribution in [1.82, 2.24) is 4.90 Å². The van der Waals surface area contributed by atoms with Gasteiger partial charge < -0.3 is 58.6 Å². The van der Waals surface area contributed by atoms with E-state index in [2.05, 4.69) is 12.1 Å². The highest BCUT2D eigenvalue weighted by Crippen LogP contribution is 2.43. The second-order valence-corrected chi connectivity index (χ2v) is 20.5. The van der Waals surface area contributed by atoms with Gasteiger partial charge >= 0.3 is 0 Å². The highest BCUT2D eigenvalue weighted by Gasteiger charge is 2.53. The molecule has 3 aliphatic rings. The quantitative estimate of drug-likeness (QED) is 0.164. The summed E-state index contributed by atoms with van der Waals surface area (Å²) in [4.78, 5) is 22.9. The third kappa shape index (κ3) is 12.1. The number of ketones is 1. The largest absolute Gasteiger partial charge is 0.391 e. The summed E-state index contributed by atoms with van der Waals surface area (Å²) in [6.45, 7) is 18.7. The molecule has 14 nitrogen and oxygen atoms in total. The van der Waals surface area contributed by atoms with Crippen LogP contribution in [0.5, 0.6) is 0 Å². The minimum atomic E-state index is -1.72. The number of nitrogens with zero attached hydrogens (tertiary/aromatic N) is 2. The lowest BCUT2D eigenvalue weighted by molar-refractivity contribution is -0.318. The molecule has 0 spiro atoms. The first-order chi connectivity index (χ1) is 31.0. The molecule has 14 heteroatoms. The fourth-order valence-corrected chi connectivity index (χ4v) is 10.8. The van der Waals surface area contributed by atoms with Gasteiger partial charge in [0.2, 0.25) is 0 Å². The van der Waals surface area contributed by atoms with Crippen molar-refractivity contribution in [3.8, 4) is 11.1 Å². The van der Waals surface area contributed by atoms with Gasteiger partial charge in [-0.05, 0) is 84.2 Å². The van der Waals surface area contributed by atoms with E-state index in [4.69, 9.17) is 38.4 Å². The summed E-state index contributed by atoms with van der Waals surface area (Å²) in [6, 6.07) is 17.9. The number of carbonyl (C=O) groups is 1. The van der Waals surface area contributed by atoms with E-state index in [0.717, 1.165) is 16.7 Å². The number of carbonyl (C=O) groups excluding carboxylic acids is 1. The van der Waals surface area contributed by atoms with Crippen LogP contribution in [0.2, 0.25) is 0 Å². The second kappa shape index (κ2) is 22.7. The Kier molecular flexibility index (Phi) is 18.6. The summed E-state index contributed by atoms with van der Waals surface area (Å²) in [5.74, 6) is -3.42. The lowest BCUT2D eigenvalue weighted by Crippen LogP contribution is -2.61. The molecule has 2 aromatic carbocycles. The summed E-state index contributed by atoms with van der Waals surface area (Å²) in [5, 5.41) is 52.3. The molecule has 66 heavy (non-hydrogen) atoms. The molecule has 1 aliphatic carbocycles. The molecule has 2 saturated heterocycles. The molecular weight excluding hydrogens is 845 g/mol. The zero-order chi connectivity index (χ0) is 48.9. The van der Waals surface area contributed by atoms with Gasteiger partial charge in [-0.15, -0.1) is 0 Å². The number of aliphatic hydroxyl groups is 4. The summed E-state index contributed by atoms with van der Waals surface area (Å²) in [5.41, 5.74) is -0.335. The number of hydrogen-bond donors (Lipinski definition) is 4. The van der Waals surface area contributed by atoms with Crippen molar-refractivity contribution >= 4 is 11.5 Å². The molecule has 2 aliphatic heterocycles. The Morgan fingerprint density at radius 1 is 0.803 bits per heavy atom. The van der Waals surface area contributed by atoms with Crippen LogP contribution in [0.4, 0.5) is 0 Å². The lowest BCUT2D eigenvalue weighted by Gasteiger charge is -2.50. The first kappa shape index (κ1) is 54.1. The van der Waals surface area contributed by atoms with Crippen molar-refractivity contribution in [2.75, 3.05) is 28.3 Å². The van der Waals surface area contributed by atoms with E-state index in [0.29, 0.717) is 18.6 Å². The van der Waals surface area contributed by atoms with Crippen LogP contribution in [0.25, 0.3) is 11.1 Å². The highest BCUT2D eigenvalue weighted by molar-refractivity contribution is 5.89. The zero-order valence-corrected chi connectivity index (χ0v) is 42.0. The highest BCUT2D eigenvalue weighted by atomic mass is 16.7. The van der Waals surface area contributed by atoms with E-state index in [1.807, 2.05) is 117 Å². The van der Waals surface area contributed by atoms with Crippen LogP contribution >= 0.6 is 0 Å². The van der Waals surface area contributed by atoms with E-state index in [9.17, 15) is 25.2 Å². The number of Topliss-reactive ketones (excluding diaryl/α,β-unsaturated/α-hetero) is 1. The number of benzene rings is 2. The van der Waals surface area contributed by atoms with Gasteiger partial charge in [0.05, 0.1) is 53.0 Å². The fraction of sp³-hybridized carbons (Fsp3) is 0.731. The van der Waals surface area contributed by atoms with Crippen LogP contribution in [0, 0.1) is 29.6 Å². The molecule has 0 bridgehead atoms. The Balaban J connectivity index is 1.61. The number of ether oxygens (including phenoxy) is 6. The second-order valence-electron chi connectivity index (χ2n) is 20.5. The average molecular weight is 927 g/mol. The Bertz CT molecular complexity index is 1860. The van der Waals surface area contributed by atoms with E-state index in [-0.39, 0.29) is 43.8 Å². The third-order valence-electron chi connectivity index (χ3n) is 15.4. The van der Waals surface area contributed by atoms with Crippen molar-refractivity contribution < 1.29 is 58.5 Å². The van der Waals surface area contributed by atoms with E-state index in [1.165, 1.54) is 0 Å². The molecule has 2 aromatic rings. The van der Waals surface area contributed by atoms with E-state index < -0.39 is 95.6 Å². The van der Waals surface area contributed by atoms with Crippen molar-refractivity contribution in [2.24, 2.45) is 34.7 Å². The Labute approximate surface area is 394 Å². The normalized spacial score (nSPS) is 41.7. The van der Waals surface area contributed by atoms with Gasteiger partial charge in [0.1, 0.15) is 24.6 Å². The molecule has 3 fully saturated rings. The number of oxime groups is 1. The molecule has 0 aromatic heterocycles. The number of methoxy groups -OCH3 is 2. The van der Waals surface area contributed by atoms with Crippen LogP contribution in [-0.4, -0.2) is 143 Å². The van der Waals surface area contributed by atoms with Crippen LogP contribution < -0.4 is 0 Å². The predicted molar refractivity (Wildman–Crippen MR) is 253 cm³/mol. The fourth-order valence-electron chi connectivity index (χ4n) is 10.8. The van der Waals surface area contributed by atoms with Gasteiger partial charge in [-0.1, -0.05) is 101 Å². The molecular formula is C52H82N2O12. The third-order valence-corrected chi connectivity index (χ3v) is 15.4. The van der Waals surface area contributed by atoms with Gasteiger partial charge in [0.15, 0.2) is 12.6 Å². The summed E-state index contributed by atoms with van der Waals surface area (Å²) < 4.78 is 39.1. The van der Waals surface area contributed by atoms with Crippen molar-refractivity contribution in [1.29, 1.82) is 0 Å². The topological polar surface area (TPSA) is 178 Å². The maximum atomic E-state index is 14.8. The monoisotopic (exact) mass is 927 g/mol. The number of likely N-dealkylation sites (N-methyl/N-ethyl adjacent to an activating group) is 1. The van der Waals surface area contributed by atoms with E-state index in [1.54, 1.807) is 28.1 Å². The first-order valence-corrected chi connectivity index (χ1v) is 24.0. The van der Waals surface area contributed by atoms with Crippen LogP contribution in [0.3, 0.4) is 0 Å². The van der Waals surface area contributed by atoms with Gasteiger partial charge in [-0.3, -0.25) is 4.79 Å². The van der Waals surface area contributed by atoms with Crippen LogP contribution in [-0.2, 0) is 44.7 Å². The van der Waals surface area contributed by atoms with Crippen molar-refractivity contribution in [3.63, 3.8) is 0 Å². The molecule has 5 rings (SSSR count). The Morgan fingerprint density at radius 2 is 1.42 bits per heavy atom. The van der Waals surface area contributed by atoms with Gasteiger partial charge in [0.25, 0.3) is 0 Å². The zero-order valence-electron chi connectivity index (χ0n) is 42.0. The average Bonchev–Trinajstić information content (AvgIpc) is 3.29. The Morgan fingerprint density at radius 3 is 2.02 bits per heavy atom. The number of aliphatic hydroxyl groups excluding tert-OH is 3. The molecule has 0 radical (unpaired) electrons. The summed E-state index contributed by atoms with van der Waals surface area (Å²) in [6.07, 6.45) is -6.61. The van der Waals surface area contributed by atoms with E-state index >= 15 is 0 Å². The molecule has 372 valence electrons. The molecule has 0 unspecified atom stereocenters. The van der Waals surface area contributed by atoms with Crippen molar-refractivity contribution in [2.45, 2.75) is 186 Å². The molecule has 18 atom stereocenters. The maximum absolute atomic E-state index is 14.8. The maximum Gasteiger partial charge on any atom is 0.185 e. The standard InChI is InChI=1S/C52H82N2O12/c1-15-39-26-41(55)32(4)45(65-42-28-50(8,60-13)47(58)35(7)64-42)34(6)48(66-49-44(56)40(54(11)12)25-31(3)63-49)51(9,61-14)27-30(2)43(33(5)46(57)52(39,10)59)53-62-29-36-21-23-38(24-22-36)37-19-17-16-18-20-37/h16-24,30-35,39-40,42,44-49,56-59H,15,25-29H2,1-14H3/b53-43+/t30-,31-,32+,33+,34+,35+,39+,40+,42+,44-,45-,46-,47+,48-,49+,50-,51-,52-/m1/s1. The summed E-state index contributed by atoms with van der Waals surface area (Å²) in [7, 11) is 6.98. The SMILES string of the molecule is CC[C@H]1CC(=O)[C@H](C)[C@@H](O[C@H]2C[C@@](C)(OC)[C@@H](O)[C@H](C)O2)[C@H](C)[C@@H](O[C@@H]2O[C@H](C)C[C@H](N(C)C)[C@H]2O)[C@](C)(OC)C[C@@H](C)/C(=N\OCc2ccc(-c3ccccc3)cc2)[C@H](C)[C@@H](O)[C@]1(C)O. The number of rotatable bonds is 12. The van der Waals surface area contributed by atoms with Gasteiger partial charge in [0, 0.05) is 56.8 Å². The number of hydrogen-bond acceptors (Lipinski definition) is 14. The van der Waals surface area contributed by atoms with Gasteiger partial charge in [-0.25, -0.2) is 0 Å². The molecule has 2 heterocycles. The minimum absolute atomic E-state index is 0.0610. The summed E-state index contributed by atoms with van der Waals surface area (Å²) >= 11 is 0. The van der Waals surface area contributed by atoms with Crippen LogP contribution in [0.15, 0.2) is 59.8 Å². The molecule has 4 N–H and O–H groups in total. The molecule has 0 amide bonds. The van der Waals surface area contributed by atoms with Gasteiger partial charge in [-0.2, -0.15) is 0 Å².